The minimum absolute atomic E-state index is 0.0867. The van der Waals surface area contributed by atoms with E-state index in [2.05, 4.69) is 9.97 Å². The second-order valence-electron chi connectivity index (χ2n) is 6.99. The number of nitrogens with zero attached hydrogens (tertiary/aromatic N) is 4. The van der Waals surface area contributed by atoms with Crippen molar-refractivity contribution in [3.8, 4) is 17.2 Å². The number of aryl methyl sites for hydroxylation is 1. The van der Waals surface area contributed by atoms with Gasteiger partial charge in [0.25, 0.3) is 5.91 Å². The number of amides is 1. The Bertz CT molecular complexity index is 1160. The third-order valence-electron chi connectivity index (χ3n) is 4.90. The van der Waals surface area contributed by atoms with E-state index < -0.39 is 0 Å². The second kappa shape index (κ2) is 10.1. The van der Waals surface area contributed by atoms with Gasteiger partial charge in [-0.3, -0.25) is 9.69 Å². The van der Waals surface area contributed by atoms with Crippen LogP contribution in [0.2, 0.25) is 0 Å². The van der Waals surface area contributed by atoms with E-state index in [4.69, 9.17) is 14.2 Å². The van der Waals surface area contributed by atoms with Gasteiger partial charge in [0.2, 0.25) is 0 Å². The van der Waals surface area contributed by atoms with Crippen LogP contribution in [-0.2, 0) is 11.3 Å². The van der Waals surface area contributed by atoms with E-state index in [1.807, 2.05) is 29.0 Å². The number of imidazole rings is 1. The van der Waals surface area contributed by atoms with Crippen LogP contribution in [0, 0.1) is 0 Å². The number of methoxy groups -OCH3 is 2. The van der Waals surface area contributed by atoms with Crippen molar-refractivity contribution >= 4 is 32.6 Å². The molecule has 0 saturated heterocycles. The molecule has 4 rings (SSSR count). The van der Waals surface area contributed by atoms with E-state index in [9.17, 15) is 4.79 Å². The topological polar surface area (TPSA) is 78.7 Å². The van der Waals surface area contributed by atoms with Gasteiger partial charge in [-0.25, -0.2) is 9.97 Å². The van der Waals surface area contributed by atoms with Crippen molar-refractivity contribution in [1.82, 2.24) is 14.5 Å². The lowest BCUT2D eigenvalue weighted by atomic mass is 10.3. The Kier molecular flexibility index (Phi) is 6.86. The highest BCUT2D eigenvalue weighted by Gasteiger charge is 2.20. The zero-order valence-electron chi connectivity index (χ0n) is 17.9. The normalized spacial score (nSPS) is 10.8. The molecule has 32 heavy (non-hydrogen) atoms. The SMILES string of the molecule is COc1ccc(OCC(=O)N(CCCn2ccnc2)c2nc3ccc(OC)cc3s2)cc1. The Morgan fingerprint density at radius 3 is 2.53 bits per heavy atom. The van der Waals surface area contributed by atoms with Gasteiger partial charge in [-0.1, -0.05) is 11.3 Å². The summed E-state index contributed by atoms with van der Waals surface area (Å²) in [6, 6.07) is 12.8. The van der Waals surface area contributed by atoms with Gasteiger partial charge in [-0.15, -0.1) is 0 Å². The molecule has 2 heterocycles. The van der Waals surface area contributed by atoms with Crippen LogP contribution >= 0.6 is 11.3 Å². The first-order valence-corrected chi connectivity index (χ1v) is 11.0. The molecule has 0 aliphatic carbocycles. The highest BCUT2D eigenvalue weighted by atomic mass is 32.1. The Balaban J connectivity index is 1.49. The molecule has 2 aromatic heterocycles. The van der Waals surface area contributed by atoms with Gasteiger partial charge in [0, 0.05) is 25.5 Å². The number of fused-ring (bicyclic) bond motifs is 1. The highest BCUT2D eigenvalue weighted by molar-refractivity contribution is 7.22. The predicted octanol–water partition coefficient (Wildman–Crippen LogP) is 4.01. The number of aromatic nitrogens is 3. The van der Waals surface area contributed by atoms with Crippen molar-refractivity contribution in [2.75, 3.05) is 32.3 Å². The fraction of sp³-hybridized carbons (Fsp3) is 0.261. The third kappa shape index (κ3) is 5.17. The molecule has 0 fully saturated rings. The van der Waals surface area contributed by atoms with Crippen LogP contribution in [0.15, 0.2) is 61.2 Å². The number of ether oxygens (including phenoxy) is 3. The van der Waals surface area contributed by atoms with E-state index >= 15 is 0 Å². The fourth-order valence-electron chi connectivity index (χ4n) is 3.19. The molecule has 0 aliphatic rings. The Morgan fingerprint density at radius 2 is 1.81 bits per heavy atom. The molecule has 0 atom stereocenters. The van der Waals surface area contributed by atoms with Crippen molar-refractivity contribution in [3.05, 3.63) is 61.2 Å². The fourth-order valence-corrected chi connectivity index (χ4v) is 4.22. The first-order valence-electron chi connectivity index (χ1n) is 10.1. The summed E-state index contributed by atoms with van der Waals surface area (Å²) in [4.78, 5) is 23.6. The number of anilines is 1. The Morgan fingerprint density at radius 1 is 1.06 bits per heavy atom. The monoisotopic (exact) mass is 452 g/mol. The Hall–Kier alpha value is -3.59. The molecule has 0 N–H and O–H groups in total. The molecular weight excluding hydrogens is 428 g/mol. The second-order valence-corrected chi connectivity index (χ2v) is 8.00. The minimum atomic E-state index is -0.155. The van der Waals surface area contributed by atoms with Gasteiger partial charge in [0.15, 0.2) is 11.7 Å². The first kappa shape index (κ1) is 21.6. The zero-order valence-corrected chi connectivity index (χ0v) is 18.7. The largest absolute Gasteiger partial charge is 0.497 e. The molecular formula is C23H24N4O4S. The van der Waals surface area contributed by atoms with E-state index in [1.165, 1.54) is 11.3 Å². The van der Waals surface area contributed by atoms with Gasteiger partial charge in [0.1, 0.15) is 17.2 Å². The van der Waals surface area contributed by atoms with Gasteiger partial charge < -0.3 is 18.8 Å². The number of carbonyl (C=O) groups is 1. The summed E-state index contributed by atoms with van der Waals surface area (Å²) in [6.07, 6.45) is 6.17. The zero-order chi connectivity index (χ0) is 22.3. The molecule has 9 heteroatoms. The molecule has 0 unspecified atom stereocenters. The van der Waals surface area contributed by atoms with E-state index in [-0.39, 0.29) is 12.5 Å². The number of hydrogen-bond acceptors (Lipinski definition) is 7. The molecule has 0 saturated carbocycles. The smallest absolute Gasteiger partial charge is 0.266 e. The van der Waals surface area contributed by atoms with E-state index in [0.717, 1.165) is 34.7 Å². The van der Waals surface area contributed by atoms with Crippen LogP contribution in [0.3, 0.4) is 0 Å². The van der Waals surface area contributed by atoms with Crippen molar-refractivity contribution in [2.45, 2.75) is 13.0 Å². The lowest BCUT2D eigenvalue weighted by Crippen LogP contribution is -2.36. The number of hydrogen-bond donors (Lipinski definition) is 0. The van der Waals surface area contributed by atoms with E-state index in [1.54, 1.807) is 55.9 Å². The summed E-state index contributed by atoms with van der Waals surface area (Å²) < 4.78 is 19.1. The average molecular weight is 453 g/mol. The quantitative estimate of drug-likeness (QED) is 0.362. The molecule has 2 aromatic carbocycles. The van der Waals surface area contributed by atoms with Crippen LogP contribution in [-0.4, -0.2) is 47.8 Å². The summed E-state index contributed by atoms with van der Waals surface area (Å²) in [7, 11) is 3.24. The summed E-state index contributed by atoms with van der Waals surface area (Å²) >= 11 is 1.46. The highest BCUT2D eigenvalue weighted by Crippen LogP contribution is 2.31. The molecule has 4 aromatic rings. The van der Waals surface area contributed by atoms with Crippen molar-refractivity contribution < 1.29 is 19.0 Å². The van der Waals surface area contributed by atoms with Crippen LogP contribution in [0.1, 0.15) is 6.42 Å². The molecule has 166 valence electrons. The van der Waals surface area contributed by atoms with Crippen LogP contribution < -0.4 is 19.1 Å². The standard InChI is InChI=1S/C23H24N4O4S/c1-29-17-4-6-18(7-5-17)31-15-22(28)27(12-3-11-26-13-10-24-16-26)23-25-20-9-8-19(30-2)14-21(20)32-23/h4-10,13-14,16H,3,11-12,15H2,1-2H3. The van der Waals surface area contributed by atoms with Gasteiger partial charge in [-0.2, -0.15) is 0 Å². The lowest BCUT2D eigenvalue weighted by molar-refractivity contribution is -0.120. The van der Waals surface area contributed by atoms with Crippen molar-refractivity contribution in [2.24, 2.45) is 0 Å². The van der Waals surface area contributed by atoms with Crippen LogP contribution in [0.25, 0.3) is 10.2 Å². The number of benzene rings is 2. The summed E-state index contributed by atoms with van der Waals surface area (Å²) in [5.74, 6) is 1.94. The maximum atomic E-state index is 13.1. The maximum Gasteiger partial charge on any atom is 0.266 e. The average Bonchev–Trinajstić information content (AvgIpc) is 3.49. The summed E-state index contributed by atoms with van der Waals surface area (Å²) in [5, 5.41) is 0.641. The summed E-state index contributed by atoms with van der Waals surface area (Å²) in [5.41, 5.74) is 0.828. The first-order chi connectivity index (χ1) is 15.7. The summed E-state index contributed by atoms with van der Waals surface area (Å²) in [6.45, 7) is 1.18. The van der Waals surface area contributed by atoms with Crippen molar-refractivity contribution in [3.63, 3.8) is 0 Å². The lowest BCUT2D eigenvalue weighted by Gasteiger charge is -2.20. The molecule has 8 nitrogen and oxygen atoms in total. The Labute approximate surface area is 190 Å². The number of thiazole rings is 1. The van der Waals surface area contributed by atoms with Gasteiger partial charge in [-0.05, 0) is 48.9 Å². The van der Waals surface area contributed by atoms with Crippen LogP contribution in [0.5, 0.6) is 17.2 Å². The molecule has 0 spiro atoms. The predicted molar refractivity (Wildman–Crippen MR) is 124 cm³/mol. The minimum Gasteiger partial charge on any atom is -0.497 e. The third-order valence-corrected chi connectivity index (χ3v) is 5.94. The molecule has 1 amide bonds. The number of rotatable bonds is 10. The number of carbonyl (C=O) groups excluding carboxylic acids is 1. The molecule has 0 aliphatic heterocycles. The molecule has 0 radical (unpaired) electrons. The van der Waals surface area contributed by atoms with E-state index in [0.29, 0.717) is 17.4 Å². The van der Waals surface area contributed by atoms with Gasteiger partial charge in [0.05, 0.1) is 30.8 Å². The van der Waals surface area contributed by atoms with Crippen molar-refractivity contribution in [1.29, 1.82) is 0 Å². The maximum absolute atomic E-state index is 13.1. The van der Waals surface area contributed by atoms with Gasteiger partial charge >= 0.3 is 0 Å². The van der Waals surface area contributed by atoms with Crippen LogP contribution in [0.4, 0.5) is 5.13 Å². The molecule has 0 bridgehead atoms.